The molecule has 24 heavy (non-hydrogen) atoms. The molecule has 0 radical (unpaired) electrons. The van der Waals surface area contributed by atoms with Crippen molar-refractivity contribution in [3.05, 3.63) is 65.1 Å². The minimum absolute atomic E-state index is 0.641. The van der Waals surface area contributed by atoms with Gasteiger partial charge >= 0.3 is 0 Å². The van der Waals surface area contributed by atoms with Crippen LogP contribution in [-0.4, -0.2) is 22.5 Å². The van der Waals surface area contributed by atoms with Gasteiger partial charge in [0.05, 0.1) is 24.1 Å². The molecule has 120 valence electrons. The predicted octanol–water partition coefficient (Wildman–Crippen LogP) is 2.47. The van der Waals surface area contributed by atoms with E-state index in [-0.39, 0.29) is 0 Å². The first-order valence-corrected chi connectivity index (χ1v) is 8.15. The van der Waals surface area contributed by atoms with Crippen LogP contribution in [0.3, 0.4) is 0 Å². The van der Waals surface area contributed by atoms with Crippen LogP contribution in [0, 0.1) is 11.3 Å². The van der Waals surface area contributed by atoms with Crippen LogP contribution in [0.15, 0.2) is 42.7 Å². The molecule has 0 unspecified atom stereocenters. The third-order valence-corrected chi connectivity index (χ3v) is 4.36. The first-order chi connectivity index (χ1) is 11.8. The van der Waals surface area contributed by atoms with E-state index >= 15 is 0 Å². The average Bonchev–Trinajstić information content (AvgIpc) is 3.24. The van der Waals surface area contributed by atoms with Crippen molar-refractivity contribution in [2.45, 2.75) is 19.4 Å². The Morgan fingerprint density at radius 3 is 3.17 bits per heavy atom. The Hall–Kier alpha value is -2.84. The lowest BCUT2D eigenvalue weighted by molar-refractivity contribution is 0.357. The van der Waals surface area contributed by atoms with Gasteiger partial charge in [-0.15, -0.1) is 0 Å². The summed E-state index contributed by atoms with van der Waals surface area (Å²) in [7, 11) is 0. The van der Waals surface area contributed by atoms with E-state index in [9.17, 15) is 0 Å². The summed E-state index contributed by atoms with van der Waals surface area (Å²) in [6.45, 7) is 2.42. The van der Waals surface area contributed by atoms with Crippen LogP contribution in [0.2, 0.25) is 0 Å². The van der Waals surface area contributed by atoms with Crippen molar-refractivity contribution in [1.29, 1.82) is 5.26 Å². The number of nitrogens with zero attached hydrogens (tertiary/aromatic N) is 3. The highest BCUT2D eigenvalue weighted by atomic mass is 16.5. The largest absolute Gasteiger partial charge is 0.493 e. The number of hydrogen-bond donors (Lipinski definition) is 1. The molecule has 0 fully saturated rings. The number of rotatable bonds is 5. The Morgan fingerprint density at radius 1 is 1.29 bits per heavy atom. The van der Waals surface area contributed by atoms with E-state index in [0.717, 1.165) is 49.6 Å². The van der Waals surface area contributed by atoms with Crippen molar-refractivity contribution in [1.82, 2.24) is 14.7 Å². The van der Waals surface area contributed by atoms with Gasteiger partial charge in [-0.05, 0) is 42.3 Å². The van der Waals surface area contributed by atoms with E-state index in [0.29, 0.717) is 5.56 Å². The summed E-state index contributed by atoms with van der Waals surface area (Å²) in [5, 5.41) is 12.5. The molecule has 5 heteroatoms. The Balaban J connectivity index is 1.37. The van der Waals surface area contributed by atoms with Gasteiger partial charge in [0, 0.05) is 19.2 Å². The predicted molar refractivity (Wildman–Crippen MR) is 91.0 cm³/mol. The van der Waals surface area contributed by atoms with E-state index in [1.165, 1.54) is 11.1 Å². The zero-order chi connectivity index (χ0) is 16.4. The molecule has 0 aliphatic carbocycles. The molecule has 0 bridgehead atoms. The van der Waals surface area contributed by atoms with Gasteiger partial charge in [-0.25, -0.2) is 4.98 Å². The van der Waals surface area contributed by atoms with Crippen LogP contribution in [0.4, 0.5) is 0 Å². The van der Waals surface area contributed by atoms with Gasteiger partial charge in [0.2, 0.25) is 0 Å². The molecule has 3 heterocycles. The smallest absolute Gasteiger partial charge is 0.137 e. The molecule has 0 atom stereocenters. The summed E-state index contributed by atoms with van der Waals surface area (Å²) in [5.74, 6) is 1.03. The first kappa shape index (κ1) is 14.7. The van der Waals surface area contributed by atoms with Crippen molar-refractivity contribution >= 4 is 5.65 Å². The molecule has 0 amide bonds. The summed E-state index contributed by atoms with van der Waals surface area (Å²) in [4.78, 5) is 4.37. The standard InChI is InChI=1S/C19H18N4O/c20-10-15-2-4-19-22-12-17(23(19)13-15)11-21-7-5-14-1-3-18-16(9-14)6-8-24-18/h1-4,9,12-13,21H,5-8,11H2. The third-order valence-electron chi connectivity index (χ3n) is 4.36. The summed E-state index contributed by atoms with van der Waals surface area (Å²) < 4.78 is 7.51. The maximum atomic E-state index is 9.02. The van der Waals surface area contributed by atoms with Gasteiger partial charge in [0.15, 0.2) is 0 Å². The molecule has 0 spiro atoms. The Morgan fingerprint density at radius 2 is 2.25 bits per heavy atom. The van der Waals surface area contributed by atoms with Gasteiger partial charge in [-0.2, -0.15) is 5.26 Å². The minimum Gasteiger partial charge on any atom is -0.493 e. The van der Waals surface area contributed by atoms with E-state index in [4.69, 9.17) is 10.00 Å². The lowest BCUT2D eigenvalue weighted by Gasteiger charge is -2.07. The fourth-order valence-electron chi connectivity index (χ4n) is 3.07. The maximum absolute atomic E-state index is 9.02. The molecule has 1 N–H and O–H groups in total. The highest BCUT2D eigenvalue weighted by Crippen LogP contribution is 2.25. The number of pyridine rings is 1. The SMILES string of the molecule is N#Cc1ccc2ncc(CNCCc3ccc4c(c3)CCO4)n2c1. The molecule has 1 aliphatic heterocycles. The Bertz CT molecular complexity index is 923. The van der Waals surface area contributed by atoms with Crippen molar-refractivity contribution in [3.63, 3.8) is 0 Å². The second-order valence-electron chi connectivity index (χ2n) is 5.97. The molecule has 4 rings (SSSR count). The zero-order valence-electron chi connectivity index (χ0n) is 13.3. The molecule has 1 aliphatic rings. The number of fused-ring (bicyclic) bond motifs is 2. The number of nitrogens with one attached hydrogen (secondary N) is 1. The molecule has 2 aromatic heterocycles. The fourth-order valence-corrected chi connectivity index (χ4v) is 3.07. The highest BCUT2D eigenvalue weighted by Gasteiger charge is 2.11. The van der Waals surface area contributed by atoms with Crippen LogP contribution in [0.5, 0.6) is 5.75 Å². The van der Waals surface area contributed by atoms with E-state index in [1.54, 1.807) is 6.07 Å². The summed E-state index contributed by atoms with van der Waals surface area (Å²) in [5.41, 5.74) is 5.21. The lowest BCUT2D eigenvalue weighted by Crippen LogP contribution is -2.17. The number of benzene rings is 1. The van der Waals surface area contributed by atoms with E-state index in [1.807, 2.05) is 22.9 Å². The normalized spacial score (nSPS) is 12.8. The van der Waals surface area contributed by atoms with E-state index < -0.39 is 0 Å². The highest BCUT2D eigenvalue weighted by molar-refractivity contribution is 5.44. The molecule has 5 nitrogen and oxygen atoms in total. The number of nitriles is 1. The number of ether oxygens (including phenoxy) is 1. The van der Waals surface area contributed by atoms with Gasteiger partial charge in [0.25, 0.3) is 0 Å². The molecular weight excluding hydrogens is 300 g/mol. The van der Waals surface area contributed by atoms with Gasteiger partial charge in [0.1, 0.15) is 17.5 Å². The summed E-state index contributed by atoms with van der Waals surface area (Å²) in [6.07, 6.45) is 5.68. The monoisotopic (exact) mass is 318 g/mol. The Labute approximate surface area is 140 Å². The summed E-state index contributed by atoms with van der Waals surface area (Å²) in [6, 6.07) is 12.3. The lowest BCUT2D eigenvalue weighted by atomic mass is 10.1. The zero-order valence-corrected chi connectivity index (χ0v) is 13.3. The van der Waals surface area contributed by atoms with Gasteiger partial charge in [-0.3, -0.25) is 0 Å². The van der Waals surface area contributed by atoms with Crippen LogP contribution in [0.1, 0.15) is 22.4 Å². The topological polar surface area (TPSA) is 62.3 Å². The van der Waals surface area contributed by atoms with Crippen LogP contribution < -0.4 is 10.1 Å². The molecule has 0 saturated heterocycles. The number of aromatic nitrogens is 2. The van der Waals surface area contributed by atoms with Crippen LogP contribution in [-0.2, 0) is 19.4 Å². The second kappa shape index (κ2) is 6.34. The average molecular weight is 318 g/mol. The van der Waals surface area contributed by atoms with Crippen LogP contribution >= 0.6 is 0 Å². The van der Waals surface area contributed by atoms with Crippen molar-refractivity contribution in [2.75, 3.05) is 13.2 Å². The molecule has 1 aromatic carbocycles. The molecule has 3 aromatic rings. The minimum atomic E-state index is 0.641. The maximum Gasteiger partial charge on any atom is 0.137 e. The van der Waals surface area contributed by atoms with Gasteiger partial charge in [-0.1, -0.05) is 12.1 Å². The number of imidazole rings is 1. The van der Waals surface area contributed by atoms with Crippen molar-refractivity contribution in [2.24, 2.45) is 0 Å². The first-order valence-electron chi connectivity index (χ1n) is 8.15. The molecule has 0 saturated carbocycles. The van der Waals surface area contributed by atoms with Crippen LogP contribution in [0.25, 0.3) is 5.65 Å². The van der Waals surface area contributed by atoms with E-state index in [2.05, 4.69) is 34.6 Å². The fraction of sp³-hybridized carbons (Fsp3) is 0.263. The second-order valence-corrected chi connectivity index (χ2v) is 5.97. The number of hydrogen-bond acceptors (Lipinski definition) is 4. The van der Waals surface area contributed by atoms with Gasteiger partial charge < -0.3 is 14.5 Å². The molecular formula is C19H18N4O. The third kappa shape index (κ3) is 2.84. The quantitative estimate of drug-likeness (QED) is 0.734. The Kier molecular flexibility index (Phi) is 3.89. The van der Waals surface area contributed by atoms with Crippen molar-refractivity contribution < 1.29 is 4.74 Å². The summed E-state index contributed by atoms with van der Waals surface area (Å²) >= 11 is 0. The van der Waals surface area contributed by atoms with Crippen molar-refractivity contribution in [3.8, 4) is 11.8 Å².